The summed E-state index contributed by atoms with van der Waals surface area (Å²) in [4.78, 5) is 35.1. The third kappa shape index (κ3) is 4.29. The highest BCUT2D eigenvalue weighted by Gasteiger charge is 2.32. The van der Waals surface area contributed by atoms with Crippen LogP contribution in [0.5, 0.6) is 0 Å². The minimum Gasteiger partial charge on any atom is -0.334 e. The standard InChI is InChI=1S/C20H30N4O2S/c25-19(24-10-4-6-17(24)18-7-5-15-27-18)16-21-11-13-23(14-12-21)20(26)22-8-2-1-3-9-22/h5,7,15,17H,1-4,6,8-14,16H2/t17-/m1/s1. The van der Waals surface area contributed by atoms with Gasteiger partial charge >= 0.3 is 6.03 Å². The average molecular weight is 391 g/mol. The molecule has 1 aromatic heterocycles. The van der Waals surface area contributed by atoms with Gasteiger partial charge in [-0.15, -0.1) is 11.3 Å². The van der Waals surface area contributed by atoms with E-state index in [0.717, 1.165) is 71.5 Å². The van der Waals surface area contributed by atoms with Crippen molar-refractivity contribution >= 4 is 23.3 Å². The number of amides is 3. The first-order chi connectivity index (χ1) is 13.2. The summed E-state index contributed by atoms with van der Waals surface area (Å²) in [5.74, 6) is 0.238. The van der Waals surface area contributed by atoms with E-state index >= 15 is 0 Å². The average Bonchev–Trinajstić information content (AvgIpc) is 3.40. The second-order valence-electron chi connectivity index (χ2n) is 7.85. The maximum absolute atomic E-state index is 12.9. The van der Waals surface area contributed by atoms with E-state index in [9.17, 15) is 9.59 Å². The van der Waals surface area contributed by atoms with Crippen LogP contribution in [0.1, 0.15) is 43.0 Å². The molecule has 148 valence electrons. The lowest BCUT2D eigenvalue weighted by molar-refractivity contribution is -0.133. The predicted octanol–water partition coefficient (Wildman–Crippen LogP) is 2.64. The molecule has 27 heavy (non-hydrogen) atoms. The number of urea groups is 1. The van der Waals surface area contributed by atoms with E-state index < -0.39 is 0 Å². The third-order valence-corrected chi connectivity index (χ3v) is 7.05. The lowest BCUT2D eigenvalue weighted by Gasteiger charge is -2.39. The molecule has 0 N–H and O–H groups in total. The number of likely N-dealkylation sites (tertiary alicyclic amines) is 2. The minimum absolute atomic E-state index is 0.193. The van der Waals surface area contributed by atoms with Crippen molar-refractivity contribution < 1.29 is 9.59 Å². The van der Waals surface area contributed by atoms with Gasteiger partial charge in [0.2, 0.25) is 5.91 Å². The topological polar surface area (TPSA) is 47.1 Å². The summed E-state index contributed by atoms with van der Waals surface area (Å²) in [6.45, 7) is 6.20. The molecule has 1 atom stereocenters. The van der Waals surface area contributed by atoms with Crippen LogP contribution in [0, 0.1) is 0 Å². The Morgan fingerprint density at radius 2 is 1.67 bits per heavy atom. The summed E-state index contributed by atoms with van der Waals surface area (Å²) in [6, 6.07) is 4.67. The number of rotatable bonds is 3. The quantitative estimate of drug-likeness (QED) is 0.797. The molecule has 3 aliphatic heterocycles. The summed E-state index contributed by atoms with van der Waals surface area (Å²) in [5.41, 5.74) is 0. The lowest BCUT2D eigenvalue weighted by atomic mass is 10.1. The Morgan fingerprint density at radius 3 is 2.37 bits per heavy atom. The van der Waals surface area contributed by atoms with Crippen LogP contribution in [0.25, 0.3) is 0 Å². The van der Waals surface area contributed by atoms with Crippen LogP contribution in [-0.4, -0.2) is 83.9 Å². The Balaban J connectivity index is 1.26. The van der Waals surface area contributed by atoms with E-state index in [4.69, 9.17) is 0 Å². The van der Waals surface area contributed by atoms with Crippen molar-refractivity contribution in [3.05, 3.63) is 22.4 Å². The number of thiophene rings is 1. The predicted molar refractivity (Wildman–Crippen MR) is 107 cm³/mol. The van der Waals surface area contributed by atoms with Crippen LogP contribution in [0.3, 0.4) is 0 Å². The van der Waals surface area contributed by atoms with Gasteiger partial charge in [-0.1, -0.05) is 6.07 Å². The van der Waals surface area contributed by atoms with Crippen molar-refractivity contribution in [2.75, 3.05) is 52.4 Å². The molecule has 0 aromatic carbocycles. The smallest absolute Gasteiger partial charge is 0.320 e. The van der Waals surface area contributed by atoms with Crippen LogP contribution >= 0.6 is 11.3 Å². The van der Waals surface area contributed by atoms with Crippen molar-refractivity contribution in [3.63, 3.8) is 0 Å². The molecule has 3 aliphatic rings. The van der Waals surface area contributed by atoms with Gasteiger partial charge in [-0.05, 0) is 43.6 Å². The van der Waals surface area contributed by atoms with Gasteiger partial charge in [0.15, 0.2) is 0 Å². The number of piperidine rings is 1. The number of nitrogens with zero attached hydrogens (tertiary/aromatic N) is 4. The molecule has 3 fully saturated rings. The summed E-state index contributed by atoms with van der Waals surface area (Å²) in [7, 11) is 0. The Hall–Kier alpha value is -1.60. The van der Waals surface area contributed by atoms with Crippen molar-refractivity contribution in [1.82, 2.24) is 19.6 Å². The maximum atomic E-state index is 12.9. The first-order valence-electron chi connectivity index (χ1n) is 10.3. The highest BCUT2D eigenvalue weighted by molar-refractivity contribution is 7.10. The van der Waals surface area contributed by atoms with Gasteiger partial charge in [0.25, 0.3) is 0 Å². The SMILES string of the molecule is O=C(N1CCCCC1)N1CCN(CC(=O)N2CCC[C@@H]2c2cccs2)CC1. The molecule has 4 heterocycles. The third-order valence-electron chi connectivity index (χ3n) is 6.07. The molecule has 0 saturated carbocycles. The first-order valence-corrected chi connectivity index (χ1v) is 11.2. The van der Waals surface area contributed by atoms with Crippen LogP contribution < -0.4 is 0 Å². The van der Waals surface area contributed by atoms with Gasteiger partial charge in [-0.25, -0.2) is 4.79 Å². The van der Waals surface area contributed by atoms with Crippen LogP contribution in [-0.2, 0) is 4.79 Å². The second kappa shape index (κ2) is 8.61. The first kappa shape index (κ1) is 18.7. The number of hydrogen-bond acceptors (Lipinski definition) is 4. The number of hydrogen-bond donors (Lipinski definition) is 0. The summed E-state index contributed by atoms with van der Waals surface area (Å²) < 4.78 is 0. The summed E-state index contributed by atoms with van der Waals surface area (Å²) in [6.07, 6.45) is 5.66. The minimum atomic E-state index is 0.193. The molecule has 0 spiro atoms. The normalized spacial score (nSPS) is 24.4. The summed E-state index contributed by atoms with van der Waals surface area (Å²) in [5, 5.41) is 2.09. The second-order valence-corrected chi connectivity index (χ2v) is 8.83. The zero-order valence-electron chi connectivity index (χ0n) is 16.0. The van der Waals surface area contributed by atoms with Crippen molar-refractivity contribution in [1.29, 1.82) is 0 Å². The molecule has 6 nitrogen and oxygen atoms in total. The van der Waals surface area contributed by atoms with E-state index in [1.165, 1.54) is 11.3 Å². The van der Waals surface area contributed by atoms with Crippen LogP contribution in [0.4, 0.5) is 4.79 Å². The number of carbonyl (C=O) groups excluding carboxylic acids is 2. The molecule has 3 amide bonds. The van der Waals surface area contributed by atoms with Gasteiger partial charge in [-0.2, -0.15) is 0 Å². The zero-order chi connectivity index (χ0) is 18.6. The van der Waals surface area contributed by atoms with Crippen LogP contribution in [0.15, 0.2) is 17.5 Å². The molecule has 1 aromatic rings. The molecule has 0 unspecified atom stereocenters. The fourth-order valence-corrected chi connectivity index (χ4v) is 5.38. The fourth-order valence-electron chi connectivity index (χ4n) is 4.51. The highest BCUT2D eigenvalue weighted by atomic mass is 32.1. The fraction of sp³-hybridized carbons (Fsp3) is 0.700. The lowest BCUT2D eigenvalue weighted by Crippen LogP contribution is -2.55. The Kier molecular flexibility index (Phi) is 5.98. The molecule has 3 saturated heterocycles. The van der Waals surface area contributed by atoms with Crippen molar-refractivity contribution in [2.24, 2.45) is 0 Å². The number of carbonyl (C=O) groups is 2. The molecular formula is C20H30N4O2S. The van der Waals surface area contributed by atoms with Crippen molar-refractivity contribution in [3.8, 4) is 0 Å². The van der Waals surface area contributed by atoms with Gasteiger partial charge in [0.1, 0.15) is 0 Å². The Bertz CT molecular complexity index is 636. The van der Waals surface area contributed by atoms with Crippen LogP contribution in [0.2, 0.25) is 0 Å². The summed E-state index contributed by atoms with van der Waals surface area (Å²) >= 11 is 1.75. The van der Waals surface area contributed by atoms with E-state index in [1.807, 2.05) is 9.80 Å². The Labute approximate surface area is 165 Å². The molecule has 0 aliphatic carbocycles. The zero-order valence-corrected chi connectivity index (χ0v) is 16.8. The molecule has 7 heteroatoms. The van der Waals surface area contributed by atoms with E-state index in [-0.39, 0.29) is 18.0 Å². The molecule has 0 bridgehead atoms. The van der Waals surface area contributed by atoms with E-state index in [2.05, 4.69) is 27.3 Å². The molecule has 0 radical (unpaired) electrons. The monoisotopic (exact) mass is 390 g/mol. The van der Waals surface area contributed by atoms with E-state index in [1.54, 1.807) is 11.3 Å². The number of piperazine rings is 1. The van der Waals surface area contributed by atoms with Gasteiger partial charge in [-0.3, -0.25) is 9.69 Å². The van der Waals surface area contributed by atoms with Gasteiger partial charge < -0.3 is 14.7 Å². The van der Waals surface area contributed by atoms with E-state index in [0.29, 0.717) is 6.54 Å². The molecule has 4 rings (SSSR count). The largest absolute Gasteiger partial charge is 0.334 e. The van der Waals surface area contributed by atoms with Crippen molar-refractivity contribution in [2.45, 2.75) is 38.1 Å². The van der Waals surface area contributed by atoms with Gasteiger partial charge in [0.05, 0.1) is 12.6 Å². The Morgan fingerprint density at radius 1 is 0.926 bits per heavy atom. The van der Waals surface area contributed by atoms with Gasteiger partial charge in [0, 0.05) is 50.7 Å². The maximum Gasteiger partial charge on any atom is 0.320 e. The highest BCUT2D eigenvalue weighted by Crippen LogP contribution is 2.34. The molecular weight excluding hydrogens is 360 g/mol.